The fraction of sp³-hybridized carbons (Fsp3) is 0.647. The van der Waals surface area contributed by atoms with Crippen LogP contribution in [-0.4, -0.2) is 52.6 Å². The zero-order valence-electron chi connectivity index (χ0n) is 15.1. The van der Waals surface area contributed by atoms with E-state index in [1.165, 1.54) is 5.56 Å². The second-order valence-electron chi connectivity index (χ2n) is 7.13. The van der Waals surface area contributed by atoms with Crippen molar-refractivity contribution in [3.63, 3.8) is 0 Å². The van der Waals surface area contributed by atoms with Crippen LogP contribution in [0.25, 0.3) is 0 Å². The van der Waals surface area contributed by atoms with Gasteiger partial charge in [-0.25, -0.2) is 13.1 Å². The van der Waals surface area contributed by atoms with Crippen LogP contribution in [0.1, 0.15) is 37.9 Å². The molecule has 1 aliphatic heterocycles. The summed E-state index contributed by atoms with van der Waals surface area (Å²) in [6, 6.07) is 7.77. The van der Waals surface area contributed by atoms with E-state index in [-0.39, 0.29) is 24.6 Å². The maximum absolute atomic E-state index is 12.6. The predicted molar refractivity (Wildman–Crippen MR) is 94.2 cm³/mol. The van der Waals surface area contributed by atoms with E-state index in [2.05, 4.69) is 37.6 Å². The molecule has 136 valence electrons. The van der Waals surface area contributed by atoms with Crippen molar-refractivity contribution in [2.24, 2.45) is 0 Å². The summed E-state index contributed by atoms with van der Waals surface area (Å²) in [6.45, 7) is 7.20. The number of sulfonamides is 1. The van der Waals surface area contributed by atoms with Gasteiger partial charge in [0.1, 0.15) is 5.25 Å². The molecule has 0 spiro atoms. The van der Waals surface area contributed by atoms with Crippen LogP contribution in [0.5, 0.6) is 0 Å². The van der Waals surface area contributed by atoms with Crippen LogP contribution in [0, 0.1) is 0 Å². The smallest absolute Gasteiger partial charge is 0.218 e. The third kappa shape index (κ3) is 4.34. The second-order valence-corrected chi connectivity index (χ2v) is 9.11. The first-order valence-corrected chi connectivity index (χ1v) is 9.65. The highest BCUT2D eigenvalue weighted by Gasteiger charge is 2.43. The molecule has 1 heterocycles. The van der Waals surface area contributed by atoms with Crippen molar-refractivity contribution in [3.8, 4) is 0 Å². The van der Waals surface area contributed by atoms with E-state index >= 15 is 0 Å². The number of hydrogen-bond donors (Lipinski definition) is 1. The topological polar surface area (TPSA) is 67.9 Å². The summed E-state index contributed by atoms with van der Waals surface area (Å²) in [5.74, 6) is 0. The molecule has 24 heavy (non-hydrogen) atoms. The molecule has 0 unspecified atom stereocenters. The van der Waals surface area contributed by atoms with Crippen LogP contribution < -0.4 is 4.72 Å². The van der Waals surface area contributed by atoms with Gasteiger partial charge in [-0.2, -0.15) is 5.06 Å². The minimum Gasteiger partial charge on any atom is -0.383 e. The molecule has 0 radical (unpaired) electrons. The minimum atomic E-state index is -3.50. The van der Waals surface area contributed by atoms with Gasteiger partial charge in [0.2, 0.25) is 10.0 Å². The molecule has 1 saturated heterocycles. The number of rotatable bonds is 6. The summed E-state index contributed by atoms with van der Waals surface area (Å²) in [7, 11) is -0.185. The van der Waals surface area contributed by atoms with Crippen molar-refractivity contribution in [1.29, 1.82) is 0 Å². The van der Waals surface area contributed by atoms with Gasteiger partial charge in [-0.1, -0.05) is 45.0 Å². The Morgan fingerprint density at radius 2 is 1.92 bits per heavy atom. The molecule has 1 fully saturated rings. The van der Waals surface area contributed by atoms with Gasteiger partial charge in [0.05, 0.1) is 19.3 Å². The third-order valence-corrected chi connectivity index (χ3v) is 6.11. The number of hydroxylamine groups is 2. The molecular formula is C17H28N2O4S. The Kier molecular flexibility index (Phi) is 6.04. The number of nitrogens with one attached hydrogen (secondary N) is 1. The molecule has 6 nitrogen and oxygen atoms in total. The molecule has 1 aliphatic rings. The Hall–Kier alpha value is -0.990. The van der Waals surface area contributed by atoms with E-state index < -0.39 is 15.3 Å². The first-order chi connectivity index (χ1) is 11.2. The fourth-order valence-electron chi connectivity index (χ4n) is 2.85. The summed E-state index contributed by atoms with van der Waals surface area (Å²) in [6.07, 6.45) is 0. The molecule has 1 aromatic carbocycles. The van der Waals surface area contributed by atoms with Crippen LogP contribution in [0.15, 0.2) is 24.3 Å². The van der Waals surface area contributed by atoms with Crippen LogP contribution in [-0.2, 0) is 25.0 Å². The van der Waals surface area contributed by atoms with E-state index in [4.69, 9.17) is 9.57 Å². The maximum Gasteiger partial charge on any atom is 0.218 e. The molecule has 0 bridgehead atoms. The van der Waals surface area contributed by atoms with Crippen molar-refractivity contribution in [1.82, 2.24) is 9.79 Å². The molecule has 0 aliphatic carbocycles. The van der Waals surface area contributed by atoms with Gasteiger partial charge in [-0.15, -0.1) is 0 Å². The molecule has 0 amide bonds. The van der Waals surface area contributed by atoms with E-state index in [1.807, 2.05) is 12.1 Å². The van der Waals surface area contributed by atoms with Crippen LogP contribution in [0.4, 0.5) is 0 Å². The van der Waals surface area contributed by atoms with Gasteiger partial charge in [-0.3, -0.25) is 4.84 Å². The Balaban J connectivity index is 2.23. The molecule has 2 atom stereocenters. The first kappa shape index (κ1) is 19.3. The average Bonchev–Trinajstić information content (AvgIpc) is 2.89. The Bertz CT molecular complexity index is 638. The Morgan fingerprint density at radius 3 is 2.46 bits per heavy atom. The zero-order chi connectivity index (χ0) is 18.0. The highest BCUT2D eigenvalue weighted by Crippen LogP contribution is 2.34. The Labute approximate surface area is 145 Å². The molecule has 7 heteroatoms. The maximum atomic E-state index is 12.6. The summed E-state index contributed by atoms with van der Waals surface area (Å²) in [4.78, 5) is 5.51. The molecule has 0 aromatic heterocycles. The summed E-state index contributed by atoms with van der Waals surface area (Å²) >= 11 is 0. The molecule has 1 N–H and O–H groups in total. The van der Waals surface area contributed by atoms with E-state index in [9.17, 15) is 8.42 Å². The van der Waals surface area contributed by atoms with Crippen molar-refractivity contribution in [2.75, 3.05) is 33.9 Å². The van der Waals surface area contributed by atoms with E-state index in [0.717, 1.165) is 5.56 Å². The summed E-state index contributed by atoms with van der Waals surface area (Å²) in [5, 5.41) is 0.978. The van der Waals surface area contributed by atoms with Crippen LogP contribution in [0.2, 0.25) is 0 Å². The van der Waals surface area contributed by atoms with Crippen LogP contribution >= 0.6 is 0 Å². The summed E-state index contributed by atoms with van der Waals surface area (Å²) < 4.78 is 32.7. The number of nitrogens with zero attached hydrogens (tertiary/aromatic N) is 1. The lowest BCUT2D eigenvalue weighted by molar-refractivity contribution is -0.110. The van der Waals surface area contributed by atoms with Gasteiger partial charge in [0.25, 0.3) is 0 Å². The monoisotopic (exact) mass is 356 g/mol. The molecule has 0 saturated carbocycles. The first-order valence-electron chi connectivity index (χ1n) is 8.10. The van der Waals surface area contributed by atoms with E-state index in [1.54, 1.807) is 19.2 Å². The van der Waals surface area contributed by atoms with Gasteiger partial charge >= 0.3 is 0 Å². The molecular weight excluding hydrogens is 328 g/mol. The lowest BCUT2D eigenvalue weighted by Crippen LogP contribution is -2.40. The minimum absolute atomic E-state index is 0.0593. The standard InChI is InChI=1S/C17H28N2O4S/c1-17(2,3)14-8-6-13(7-9-14)16-15(12-23-19(16)4)24(20,21)18-10-11-22-5/h6-9,15-16,18H,10-12H2,1-5H3/t15-,16+/m1/s1. The van der Waals surface area contributed by atoms with Crippen molar-refractivity contribution < 1.29 is 18.0 Å². The number of ether oxygens (including phenoxy) is 1. The van der Waals surface area contributed by atoms with Gasteiger partial charge in [-0.05, 0) is 16.5 Å². The largest absolute Gasteiger partial charge is 0.383 e. The summed E-state index contributed by atoms with van der Waals surface area (Å²) in [5.41, 5.74) is 2.21. The molecule has 1 aromatic rings. The van der Waals surface area contributed by atoms with Crippen molar-refractivity contribution in [3.05, 3.63) is 35.4 Å². The van der Waals surface area contributed by atoms with Gasteiger partial charge < -0.3 is 4.74 Å². The quantitative estimate of drug-likeness (QED) is 0.788. The van der Waals surface area contributed by atoms with E-state index in [0.29, 0.717) is 6.61 Å². The number of hydrogen-bond acceptors (Lipinski definition) is 5. The zero-order valence-corrected chi connectivity index (χ0v) is 15.9. The lowest BCUT2D eigenvalue weighted by atomic mass is 9.86. The fourth-order valence-corrected chi connectivity index (χ4v) is 4.34. The number of benzene rings is 1. The third-order valence-electron chi connectivity index (χ3n) is 4.31. The molecule has 2 rings (SSSR count). The van der Waals surface area contributed by atoms with Crippen molar-refractivity contribution >= 4 is 10.0 Å². The SMILES string of the molecule is COCCNS(=O)(=O)[C@@H]1CON(C)[C@H]1c1ccc(C(C)(C)C)cc1. The highest BCUT2D eigenvalue weighted by molar-refractivity contribution is 7.90. The van der Waals surface area contributed by atoms with Crippen LogP contribution in [0.3, 0.4) is 0 Å². The average molecular weight is 356 g/mol. The number of methoxy groups -OCH3 is 1. The lowest BCUT2D eigenvalue weighted by Gasteiger charge is -2.25. The second kappa shape index (κ2) is 7.49. The highest BCUT2D eigenvalue weighted by atomic mass is 32.2. The normalized spacial score (nSPS) is 22.9. The van der Waals surface area contributed by atoms with Gasteiger partial charge in [0, 0.05) is 20.7 Å². The predicted octanol–water partition coefficient (Wildman–Crippen LogP) is 1.84. The van der Waals surface area contributed by atoms with Gasteiger partial charge in [0.15, 0.2) is 0 Å². The Morgan fingerprint density at radius 1 is 1.29 bits per heavy atom. The van der Waals surface area contributed by atoms with Crippen molar-refractivity contribution in [2.45, 2.75) is 37.5 Å².